The third-order valence-corrected chi connectivity index (χ3v) is 3.32. The van der Waals surface area contributed by atoms with Crippen LogP contribution in [0.3, 0.4) is 0 Å². The summed E-state index contributed by atoms with van der Waals surface area (Å²) in [7, 11) is 2.82. The molecule has 0 aromatic carbocycles. The summed E-state index contributed by atoms with van der Waals surface area (Å²) in [5.74, 6) is -1.59. The minimum Gasteiger partial charge on any atom is -0.479 e. The zero-order valence-corrected chi connectivity index (χ0v) is 16.7. The first-order valence-electron chi connectivity index (χ1n) is 8.24. The second-order valence-electron chi connectivity index (χ2n) is 7.98. The first-order valence-corrected chi connectivity index (χ1v) is 8.24. The molecule has 0 aliphatic rings. The Balaban J connectivity index is 5.34. The molecule has 8 heteroatoms. The van der Waals surface area contributed by atoms with Gasteiger partial charge in [0, 0.05) is 14.1 Å². The maximum Gasteiger partial charge on any atom is 0.410 e. The lowest BCUT2D eigenvalue weighted by Gasteiger charge is -2.34. The van der Waals surface area contributed by atoms with Gasteiger partial charge in [-0.3, -0.25) is 14.5 Å². The van der Waals surface area contributed by atoms with Gasteiger partial charge in [-0.05, 0) is 47.0 Å². The average molecular weight is 360 g/mol. The van der Waals surface area contributed by atoms with Crippen molar-refractivity contribution in [3.63, 3.8) is 0 Å². The number of carbonyl (C=O) groups is 3. The van der Waals surface area contributed by atoms with Crippen molar-refractivity contribution in [3.8, 4) is 0 Å². The molecule has 0 aliphatic heterocycles. The van der Waals surface area contributed by atoms with Gasteiger partial charge in [0.1, 0.15) is 11.6 Å². The van der Waals surface area contributed by atoms with Gasteiger partial charge in [-0.15, -0.1) is 0 Å². The van der Waals surface area contributed by atoms with Gasteiger partial charge in [0.15, 0.2) is 5.60 Å². The molecule has 0 unspecified atom stereocenters. The van der Waals surface area contributed by atoms with Crippen molar-refractivity contribution in [1.29, 1.82) is 0 Å². The Hall–Kier alpha value is -1.83. The van der Waals surface area contributed by atoms with E-state index in [2.05, 4.69) is 0 Å². The predicted molar refractivity (Wildman–Crippen MR) is 92.8 cm³/mol. The second-order valence-corrected chi connectivity index (χ2v) is 7.98. The van der Waals surface area contributed by atoms with Gasteiger partial charge in [0.05, 0.1) is 0 Å². The van der Waals surface area contributed by atoms with E-state index in [1.165, 1.54) is 32.8 Å². The summed E-state index contributed by atoms with van der Waals surface area (Å²) in [6, 6.07) is -0.829. The molecule has 0 saturated carbocycles. The highest BCUT2D eigenvalue weighted by molar-refractivity contribution is 5.85. The van der Waals surface area contributed by atoms with Crippen molar-refractivity contribution >= 4 is 18.0 Å². The molecule has 1 N–H and O–H groups in total. The highest BCUT2D eigenvalue weighted by Gasteiger charge is 2.37. The number of carbonyl (C=O) groups excluding carboxylic acids is 2. The Morgan fingerprint density at radius 1 is 1.04 bits per heavy atom. The minimum absolute atomic E-state index is 0.125. The maximum absolute atomic E-state index is 12.7. The number of carboxylic acids is 1. The number of rotatable bonds is 7. The summed E-state index contributed by atoms with van der Waals surface area (Å²) in [6.07, 6.45) is -0.243. The molecule has 0 bridgehead atoms. The van der Waals surface area contributed by atoms with E-state index in [4.69, 9.17) is 14.7 Å². The van der Waals surface area contributed by atoms with Gasteiger partial charge in [-0.1, -0.05) is 13.8 Å². The van der Waals surface area contributed by atoms with Crippen LogP contribution >= 0.6 is 0 Å². The smallest absolute Gasteiger partial charge is 0.410 e. The fourth-order valence-electron chi connectivity index (χ4n) is 1.97. The number of ether oxygens (including phenoxy) is 1. The lowest BCUT2D eigenvalue weighted by Crippen LogP contribution is -2.52. The van der Waals surface area contributed by atoms with E-state index >= 15 is 0 Å². The Bertz CT molecular complexity index is 496. The number of hydrogen-bond acceptors (Lipinski definition) is 5. The van der Waals surface area contributed by atoms with E-state index in [-0.39, 0.29) is 5.92 Å². The van der Waals surface area contributed by atoms with Crippen LogP contribution in [0.2, 0.25) is 0 Å². The lowest BCUT2D eigenvalue weighted by atomic mass is 10.0. The number of amides is 2. The van der Waals surface area contributed by atoms with Gasteiger partial charge in [-0.2, -0.15) is 0 Å². The average Bonchev–Trinajstić information content (AvgIpc) is 2.40. The number of nitrogens with zero attached hydrogens (tertiary/aromatic N) is 2. The van der Waals surface area contributed by atoms with Crippen LogP contribution < -0.4 is 0 Å². The number of aliphatic carboxylic acids is 1. The number of hydroxylamine groups is 2. The van der Waals surface area contributed by atoms with Crippen LogP contribution in [0.1, 0.15) is 54.9 Å². The van der Waals surface area contributed by atoms with Crippen molar-refractivity contribution in [3.05, 3.63) is 0 Å². The number of hydrogen-bond donors (Lipinski definition) is 1. The molecule has 25 heavy (non-hydrogen) atoms. The van der Waals surface area contributed by atoms with Crippen molar-refractivity contribution < 1.29 is 29.1 Å². The first kappa shape index (κ1) is 23.2. The molecule has 8 nitrogen and oxygen atoms in total. The summed E-state index contributed by atoms with van der Waals surface area (Å²) in [4.78, 5) is 42.7. The molecule has 0 aromatic heterocycles. The molecular weight excluding hydrogens is 328 g/mol. The Morgan fingerprint density at radius 2 is 1.52 bits per heavy atom. The molecule has 0 fully saturated rings. The molecule has 0 aromatic rings. The molecule has 0 spiro atoms. The predicted octanol–water partition coefficient (Wildman–Crippen LogP) is 2.52. The molecule has 0 radical (unpaired) electrons. The van der Waals surface area contributed by atoms with Crippen molar-refractivity contribution in [2.24, 2.45) is 5.92 Å². The van der Waals surface area contributed by atoms with E-state index in [1.54, 1.807) is 20.8 Å². The molecular formula is C17H32N2O6. The molecule has 146 valence electrons. The number of likely N-dealkylation sites (N-methyl/N-ethyl adjacent to an activating group) is 2. The summed E-state index contributed by atoms with van der Waals surface area (Å²) in [5.41, 5.74) is -2.26. The van der Waals surface area contributed by atoms with E-state index in [9.17, 15) is 14.4 Å². The molecule has 0 heterocycles. The summed E-state index contributed by atoms with van der Waals surface area (Å²) >= 11 is 0. The topological polar surface area (TPSA) is 96.4 Å². The lowest BCUT2D eigenvalue weighted by molar-refractivity contribution is -0.230. The van der Waals surface area contributed by atoms with E-state index in [0.29, 0.717) is 6.42 Å². The third kappa shape index (κ3) is 7.72. The van der Waals surface area contributed by atoms with Crippen LogP contribution in [0, 0.1) is 5.92 Å². The van der Waals surface area contributed by atoms with Crippen LogP contribution in [0.4, 0.5) is 4.79 Å². The largest absolute Gasteiger partial charge is 0.479 e. The van der Waals surface area contributed by atoms with Crippen molar-refractivity contribution in [2.75, 3.05) is 14.1 Å². The van der Waals surface area contributed by atoms with Crippen LogP contribution in [-0.2, 0) is 19.2 Å². The van der Waals surface area contributed by atoms with Crippen LogP contribution in [0.25, 0.3) is 0 Å². The quantitative estimate of drug-likeness (QED) is 0.701. The van der Waals surface area contributed by atoms with Crippen LogP contribution in [-0.4, -0.2) is 64.4 Å². The first-order chi connectivity index (χ1) is 11.1. The van der Waals surface area contributed by atoms with Crippen LogP contribution in [0.15, 0.2) is 0 Å². The van der Waals surface area contributed by atoms with E-state index < -0.39 is 35.2 Å². The molecule has 0 aliphatic carbocycles. The summed E-state index contributed by atoms with van der Waals surface area (Å²) < 4.78 is 5.31. The molecule has 0 rings (SSSR count). The zero-order chi connectivity index (χ0) is 20.2. The molecule has 1 atom stereocenters. The van der Waals surface area contributed by atoms with Gasteiger partial charge >= 0.3 is 12.1 Å². The van der Waals surface area contributed by atoms with Gasteiger partial charge < -0.3 is 9.84 Å². The fraction of sp³-hybridized carbons (Fsp3) is 0.824. The van der Waals surface area contributed by atoms with Crippen molar-refractivity contribution in [2.45, 2.75) is 72.1 Å². The van der Waals surface area contributed by atoms with Gasteiger partial charge in [0.2, 0.25) is 0 Å². The monoisotopic (exact) mass is 360 g/mol. The van der Waals surface area contributed by atoms with Crippen molar-refractivity contribution in [1.82, 2.24) is 9.96 Å². The fourth-order valence-corrected chi connectivity index (χ4v) is 1.97. The summed E-state index contributed by atoms with van der Waals surface area (Å²) in [5, 5.41) is 10.0. The van der Waals surface area contributed by atoms with E-state index in [0.717, 1.165) is 5.06 Å². The van der Waals surface area contributed by atoms with Gasteiger partial charge in [-0.25, -0.2) is 14.7 Å². The number of carboxylic acid groups (broad SMARTS) is 1. The molecule has 2 amide bonds. The maximum atomic E-state index is 12.7. The third-order valence-electron chi connectivity index (χ3n) is 3.32. The second kappa shape index (κ2) is 8.51. The summed E-state index contributed by atoms with van der Waals surface area (Å²) in [6.45, 7) is 11.7. The molecule has 0 saturated heterocycles. The van der Waals surface area contributed by atoms with E-state index in [1.807, 2.05) is 13.8 Å². The van der Waals surface area contributed by atoms with Crippen LogP contribution in [0.5, 0.6) is 0 Å². The SMILES string of the molecule is CC(C)C[C@@H](C(=O)N(C)OC(C)(C)C(=O)O)N(C)C(=O)OC(C)(C)C. The Morgan fingerprint density at radius 3 is 1.88 bits per heavy atom. The standard InChI is InChI=1S/C17H32N2O6/c1-11(2)10-12(18(8)15(23)24-16(3,4)5)13(20)19(9)25-17(6,7)14(21)22/h11-12H,10H2,1-9H3,(H,21,22)/t12-/m0/s1. The minimum atomic E-state index is -1.57. The normalized spacial score (nSPS) is 13.4. The highest BCUT2D eigenvalue weighted by Crippen LogP contribution is 2.19. The Kier molecular flexibility index (Phi) is 7.89. The Labute approximate surface area is 150 Å². The zero-order valence-electron chi connectivity index (χ0n) is 16.7. The van der Waals surface area contributed by atoms with Gasteiger partial charge in [0.25, 0.3) is 5.91 Å². The highest BCUT2D eigenvalue weighted by atomic mass is 16.7.